The Balaban J connectivity index is 1.72. The Morgan fingerprint density at radius 1 is 1.38 bits per heavy atom. The Kier molecular flexibility index (Phi) is 2.87. The highest BCUT2D eigenvalue weighted by atomic mass is 15.0. The summed E-state index contributed by atoms with van der Waals surface area (Å²) < 4.78 is 0. The Morgan fingerprint density at radius 3 is 2.92 bits per heavy atom. The highest BCUT2D eigenvalue weighted by Gasteiger charge is 2.11. The lowest BCUT2D eigenvalue weighted by Gasteiger charge is -2.22. The number of aromatic amines is 1. The van der Waals surface area contributed by atoms with Crippen LogP contribution in [0.25, 0.3) is 0 Å². The topological polar surface area (TPSA) is 39.9 Å². The molecule has 2 rings (SSSR count). The smallest absolute Gasteiger partial charge is 0.103 e. The molecule has 3 nitrogen and oxygen atoms in total. The number of anilines is 1. The van der Waals surface area contributed by atoms with Gasteiger partial charge >= 0.3 is 0 Å². The molecular weight excluding hydrogens is 162 g/mol. The van der Waals surface area contributed by atoms with Crippen LogP contribution in [0.1, 0.15) is 12.8 Å². The van der Waals surface area contributed by atoms with Crippen LogP contribution in [-0.2, 0) is 0 Å². The number of hydrogen-bond acceptors (Lipinski definition) is 2. The van der Waals surface area contributed by atoms with Crippen molar-refractivity contribution in [2.75, 3.05) is 25.0 Å². The minimum Gasteiger partial charge on any atom is -0.371 e. The molecule has 13 heavy (non-hydrogen) atoms. The lowest BCUT2D eigenvalue weighted by molar-refractivity contribution is 0.389. The quantitative estimate of drug-likeness (QED) is 0.657. The second-order valence-corrected chi connectivity index (χ2v) is 3.66. The van der Waals surface area contributed by atoms with Crippen LogP contribution in [0.2, 0.25) is 0 Å². The van der Waals surface area contributed by atoms with E-state index >= 15 is 0 Å². The first-order valence-corrected chi connectivity index (χ1v) is 5.03. The van der Waals surface area contributed by atoms with Crippen LogP contribution in [0.5, 0.6) is 0 Å². The molecule has 1 fully saturated rings. The average molecular weight is 179 g/mol. The fourth-order valence-corrected chi connectivity index (χ4v) is 1.78. The van der Waals surface area contributed by atoms with E-state index in [1.807, 2.05) is 12.3 Å². The summed E-state index contributed by atoms with van der Waals surface area (Å²) in [4.78, 5) is 3.15. The molecule has 0 bridgehead atoms. The minimum absolute atomic E-state index is 0.838. The summed E-state index contributed by atoms with van der Waals surface area (Å²) in [5.41, 5.74) is 0. The van der Waals surface area contributed by atoms with Gasteiger partial charge in [-0.05, 0) is 44.0 Å². The summed E-state index contributed by atoms with van der Waals surface area (Å²) in [7, 11) is 0. The van der Waals surface area contributed by atoms with Crippen LogP contribution >= 0.6 is 0 Å². The van der Waals surface area contributed by atoms with Crippen LogP contribution in [0.4, 0.5) is 5.82 Å². The number of aromatic nitrogens is 1. The monoisotopic (exact) mass is 179 g/mol. The number of piperidine rings is 1. The van der Waals surface area contributed by atoms with Crippen molar-refractivity contribution in [1.29, 1.82) is 0 Å². The van der Waals surface area contributed by atoms with E-state index in [0.29, 0.717) is 0 Å². The molecule has 2 heterocycles. The summed E-state index contributed by atoms with van der Waals surface area (Å²) in [6.07, 6.45) is 4.55. The van der Waals surface area contributed by atoms with E-state index < -0.39 is 0 Å². The molecule has 3 heteroatoms. The number of hydrogen-bond donors (Lipinski definition) is 3. The van der Waals surface area contributed by atoms with Crippen molar-refractivity contribution >= 4 is 5.82 Å². The molecule has 1 aliphatic rings. The molecule has 0 unspecified atom stereocenters. The van der Waals surface area contributed by atoms with Crippen LogP contribution in [-0.4, -0.2) is 24.6 Å². The average Bonchev–Trinajstić information content (AvgIpc) is 2.69. The zero-order valence-corrected chi connectivity index (χ0v) is 7.84. The maximum absolute atomic E-state index is 3.41. The van der Waals surface area contributed by atoms with Crippen molar-refractivity contribution in [2.24, 2.45) is 5.92 Å². The van der Waals surface area contributed by atoms with Crippen LogP contribution < -0.4 is 10.6 Å². The molecule has 1 aromatic rings. The number of H-pyrrole nitrogens is 1. The molecule has 0 atom stereocenters. The predicted octanol–water partition coefficient (Wildman–Crippen LogP) is 1.43. The summed E-state index contributed by atoms with van der Waals surface area (Å²) in [6, 6.07) is 4.09. The first kappa shape index (κ1) is 8.63. The fourth-order valence-electron chi connectivity index (χ4n) is 1.78. The SMILES string of the molecule is c1c[nH]c(NCC2CCNCC2)c1. The highest BCUT2D eigenvalue weighted by Crippen LogP contribution is 2.12. The lowest BCUT2D eigenvalue weighted by Crippen LogP contribution is -2.31. The van der Waals surface area contributed by atoms with E-state index in [1.54, 1.807) is 0 Å². The van der Waals surface area contributed by atoms with Crippen molar-refractivity contribution in [1.82, 2.24) is 10.3 Å². The summed E-state index contributed by atoms with van der Waals surface area (Å²) in [5.74, 6) is 1.98. The molecule has 1 aliphatic heterocycles. The van der Waals surface area contributed by atoms with Crippen LogP contribution in [0, 0.1) is 5.92 Å². The van der Waals surface area contributed by atoms with Crippen molar-refractivity contribution in [3.8, 4) is 0 Å². The largest absolute Gasteiger partial charge is 0.371 e. The second-order valence-electron chi connectivity index (χ2n) is 3.66. The van der Waals surface area contributed by atoms with Crippen LogP contribution in [0.15, 0.2) is 18.3 Å². The van der Waals surface area contributed by atoms with Gasteiger partial charge in [-0.3, -0.25) is 0 Å². The van der Waals surface area contributed by atoms with Crippen molar-refractivity contribution in [3.63, 3.8) is 0 Å². The zero-order valence-electron chi connectivity index (χ0n) is 7.84. The van der Waals surface area contributed by atoms with Gasteiger partial charge in [-0.15, -0.1) is 0 Å². The molecule has 1 saturated heterocycles. The van der Waals surface area contributed by atoms with E-state index in [-0.39, 0.29) is 0 Å². The third kappa shape index (κ3) is 2.49. The number of nitrogens with one attached hydrogen (secondary N) is 3. The maximum Gasteiger partial charge on any atom is 0.103 e. The Morgan fingerprint density at radius 2 is 2.23 bits per heavy atom. The number of rotatable bonds is 3. The van der Waals surface area contributed by atoms with Gasteiger partial charge < -0.3 is 15.6 Å². The predicted molar refractivity (Wildman–Crippen MR) is 54.9 cm³/mol. The van der Waals surface area contributed by atoms with Crippen molar-refractivity contribution in [2.45, 2.75) is 12.8 Å². The molecule has 0 saturated carbocycles. The van der Waals surface area contributed by atoms with Gasteiger partial charge in [0, 0.05) is 12.7 Å². The van der Waals surface area contributed by atoms with Gasteiger partial charge in [0.1, 0.15) is 5.82 Å². The summed E-state index contributed by atoms with van der Waals surface area (Å²) in [6.45, 7) is 3.45. The Bertz CT molecular complexity index is 224. The minimum atomic E-state index is 0.838. The first-order chi connectivity index (χ1) is 6.45. The molecule has 72 valence electrons. The third-order valence-corrected chi connectivity index (χ3v) is 2.64. The molecule has 0 aromatic carbocycles. The van der Waals surface area contributed by atoms with E-state index in [0.717, 1.165) is 18.3 Å². The normalized spacial score (nSPS) is 18.8. The van der Waals surface area contributed by atoms with E-state index in [1.165, 1.54) is 25.9 Å². The summed E-state index contributed by atoms with van der Waals surface area (Å²) in [5, 5.41) is 6.78. The van der Waals surface area contributed by atoms with Gasteiger partial charge in [-0.25, -0.2) is 0 Å². The van der Waals surface area contributed by atoms with Crippen molar-refractivity contribution < 1.29 is 0 Å². The standard InChI is InChI=1S/C10H17N3/c1-2-10(12-5-1)13-8-9-3-6-11-7-4-9/h1-2,5,9,11-13H,3-4,6-8H2. The molecule has 0 aliphatic carbocycles. The second kappa shape index (κ2) is 4.33. The maximum atomic E-state index is 3.41. The zero-order chi connectivity index (χ0) is 8.93. The van der Waals surface area contributed by atoms with Gasteiger partial charge in [-0.1, -0.05) is 0 Å². The van der Waals surface area contributed by atoms with Gasteiger partial charge in [-0.2, -0.15) is 0 Å². The van der Waals surface area contributed by atoms with Crippen molar-refractivity contribution in [3.05, 3.63) is 18.3 Å². The Hall–Kier alpha value is -0.960. The van der Waals surface area contributed by atoms with Crippen LogP contribution in [0.3, 0.4) is 0 Å². The summed E-state index contributed by atoms with van der Waals surface area (Å²) >= 11 is 0. The molecule has 0 amide bonds. The Labute approximate surface area is 78.9 Å². The van der Waals surface area contributed by atoms with E-state index in [4.69, 9.17) is 0 Å². The lowest BCUT2D eigenvalue weighted by atomic mass is 9.98. The van der Waals surface area contributed by atoms with Gasteiger partial charge in [0.15, 0.2) is 0 Å². The molecule has 0 radical (unpaired) electrons. The molecule has 0 spiro atoms. The highest BCUT2D eigenvalue weighted by molar-refractivity contribution is 5.33. The first-order valence-electron chi connectivity index (χ1n) is 5.03. The van der Waals surface area contributed by atoms with E-state index in [2.05, 4.69) is 21.7 Å². The fraction of sp³-hybridized carbons (Fsp3) is 0.600. The third-order valence-electron chi connectivity index (χ3n) is 2.64. The molecule has 3 N–H and O–H groups in total. The van der Waals surface area contributed by atoms with Gasteiger partial charge in [0.2, 0.25) is 0 Å². The van der Waals surface area contributed by atoms with Gasteiger partial charge in [0.05, 0.1) is 0 Å². The van der Waals surface area contributed by atoms with E-state index in [9.17, 15) is 0 Å². The molecular formula is C10H17N3. The van der Waals surface area contributed by atoms with Gasteiger partial charge in [0.25, 0.3) is 0 Å². The molecule has 1 aromatic heterocycles.